The van der Waals surface area contributed by atoms with E-state index in [-0.39, 0.29) is 11.5 Å². The predicted octanol–water partition coefficient (Wildman–Crippen LogP) is 1.61. The molecule has 2 unspecified atom stereocenters. The summed E-state index contributed by atoms with van der Waals surface area (Å²) in [5, 5.41) is 13.6. The van der Waals surface area contributed by atoms with Crippen LogP contribution in [-0.4, -0.2) is 55.5 Å². The zero-order valence-corrected chi connectivity index (χ0v) is 17.5. The lowest BCUT2D eigenvalue weighted by Gasteiger charge is -2.36. The molecule has 3 rings (SSSR count). The van der Waals surface area contributed by atoms with Gasteiger partial charge in [-0.15, -0.1) is 0 Å². The summed E-state index contributed by atoms with van der Waals surface area (Å²) in [5.74, 6) is 0.688. The number of aliphatic hydroxyl groups is 1. The summed E-state index contributed by atoms with van der Waals surface area (Å²) in [6.07, 6.45) is 2.29. The molecule has 158 valence electrons. The highest BCUT2D eigenvalue weighted by atomic mass is 32.2. The van der Waals surface area contributed by atoms with Gasteiger partial charge >= 0.3 is 0 Å². The predicted molar refractivity (Wildman–Crippen MR) is 108 cm³/mol. The molecule has 9 nitrogen and oxygen atoms in total. The highest BCUT2D eigenvalue weighted by molar-refractivity contribution is 7.89. The number of rotatable bonds is 7. The van der Waals surface area contributed by atoms with Crippen molar-refractivity contribution in [2.24, 2.45) is 0 Å². The summed E-state index contributed by atoms with van der Waals surface area (Å²) in [4.78, 5) is 8.90. The SMILES string of the molecule is CCc1cnc(Nc2ccc(S(=O)(=O)NC)cc2)nc1OC1COCCC1(C)O. The second-order valence-electron chi connectivity index (χ2n) is 7.02. The van der Waals surface area contributed by atoms with Crippen LogP contribution in [0.15, 0.2) is 35.4 Å². The number of hydrogen-bond donors (Lipinski definition) is 3. The molecule has 0 radical (unpaired) electrons. The lowest BCUT2D eigenvalue weighted by molar-refractivity contribution is -0.133. The van der Waals surface area contributed by atoms with Gasteiger partial charge in [-0.05, 0) is 44.7 Å². The quantitative estimate of drug-likeness (QED) is 0.615. The first-order chi connectivity index (χ1) is 13.7. The Labute approximate surface area is 170 Å². The second-order valence-corrected chi connectivity index (χ2v) is 8.91. The Bertz CT molecular complexity index is 948. The van der Waals surface area contributed by atoms with E-state index < -0.39 is 21.7 Å². The number of nitrogens with zero attached hydrogens (tertiary/aromatic N) is 2. The van der Waals surface area contributed by atoms with Crippen molar-refractivity contribution >= 4 is 21.7 Å². The molecular weight excluding hydrogens is 396 g/mol. The molecule has 2 atom stereocenters. The molecule has 3 N–H and O–H groups in total. The summed E-state index contributed by atoms with van der Waals surface area (Å²) in [6.45, 7) is 4.47. The number of hydrogen-bond acceptors (Lipinski definition) is 8. The topological polar surface area (TPSA) is 123 Å². The fourth-order valence-electron chi connectivity index (χ4n) is 2.87. The average molecular weight is 423 g/mol. The number of nitrogens with one attached hydrogen (secondary N) is 2. The Kier molecular flexibility index (Phi) is 6.37. The van der Waals surface area contributed by atoms with Crippen molar-refractivity contribution in [3.63, 3.8) is 0 Å². The standard InChI is InChI=1S/C19H26N4O5S/c1-4-13-11-21-18(22-14-5-7-15(8-6-14)29(25,26)20-3)23-17(13)28-16-12-27-10-9-19(16,2)24/h5-8,11,16,20,24H,4,9-10,12H2,1-3H3,(H,21,22,23). The molecule has 2 aromatic rings. The molecule has 0 saturated carbocycles. The lowest BCUT2D eigenvalue weighted by Crippen LogP contribution is -2.50. The minimum atomic E-state index is -3.50. The maximum Gasteiger partial charge on any atom is 0.240 e. The zero-order valence-electron chi connectivity index (χ0n) is 16.7. The van der Waals surface area contributed by atoms with Crippen molar-refractivity contribution in [2.75, 3.05) is 25.6 Å². The third kappa shape index (κ3) is 5.02. The fourth-order valence-corrected chi connectivity index (χ4v) is 3.60. The molecule has 1 aromatic carbocycles. The Balaban J connectivity index is 1.80. The minimum absolute atomic E-state index is 0.163. The maximum atomic E-state index is 11.8. The largest absolute Gasteiger partial charge is 0.468 e. The zero-order chi connectivity index (χ0) is 21.1. The van der Waals surface area contributed by atoms with Gasteiger partial charge in [-0.2, -0.15) is 4.98 Å². The van der Waals surface area contributed by atoms with Gasteiger partial charge in [0, 0.05) is 30.5 Å². The third-order valence-corrected chi connectivity index (χ3v) is 6.29. The van der Waals surface area contributed by atoms with Crippen LogP contribution in [0.5, 0.6) is 5.88 Å². The average Bonchev–Trinajstić information content (AvgIpc) is 2.70. The van der Waals surface area contributed by atoms with E-state index in [1.54, 1.807) is 25.3 Å². The van der Waals surface area contributed by atoms with Crippen LogP contribution in [0.4, 0.5) is 11.6 Å². The smallest absolute Gasteiger partial charge is 0.240 e. The van der Waals surface area contributed by atoms with Crippen molar-refractivity contribution in [1.29, 1.82) is 0 Å². The van der Waals surface area contributed by atoms with Crippen LogP contribution in [0.1, 0.15) is 25.8 Å². The molecule has 29 heavy (non-hydrogen) atoms. The van der Waals surface area contributed by atoms with Crippen LogP contribution < -0.4 is 14.8 Å². The van der Waals surface area contributed by atoms with Crippen LogP contribution in [0.3, 0.4) is 0 Å². The van der Waals surface area contributed by atoms with E-state index in [2.05, 4.69) is 20.0 Å². The summed E-state index contributed by atoms with van der Waals surface area (Å²) in [6, 6.07) is 6.23. The number of sulfonamides is 1. The third-order valence-electron chi connectivity index (χ3n) is 4.86. The summed E-state index contributed by atoms with van der Waals surface area (Å²) in [5.41, 5.74) is 0.437. The van der Waals surface area contributed by atoms with Crippen molar-refractivity contribution in [2.45, 2.75) is 43.3 Å². The lowest BCUT2D eigenvalue weighted by atomic mass is 9.94. The molecule has 10 heteroatoms. The number of aromatic nitrogens is 2. The number of anilines is 2. The number of benzene rings is 1. The van der Waals surface area contributed by atoms with E-state index in [9.17, 15) is 13.5 Å². The molecule has 2 heterocycles. The van der Waals surface area contributed by atoms with Gasteiger partial charge in [-0.1, -0.05) is 6.92 Å². The van der Waals surface area contributed by atoms with Crippen LogP contribution in [0, 0.1) is 0 Å². The Morgan fingerprint density at radius 1 is 1.34 bits per heavy atom. The highest BCUT2D eigenvalue weighted by Crippen LogP contribution is 2.27. The van der Waals surface area contributed by atoms with Crippen molar-refractivity contribution in [3.8, 4) is 5.88 Å². The normalized spacial score (nSPS) is 22.3. The van der Waals surface area contributed by atoms with Gasteiger partial charge in [0.05, 0.1) is 11.5 Å². The van der Waals surface area contributed by atoms with Crippen LogP contribution >= 0.6 is 0 Å². The first-order valence-electron chi connectivity index (χ1n) is 9.38. The molecule has 1 aliphatic rings. The Morgan fingerprint density at radius 2 is 2.07 bits per heavy atom. The van der Waals surface area contributed by atoms with E-state index in [0.717, 1.165) is 5.56 Å². The molecule has 1 saturated heterocycles. The first-order valence-corrected chi connectivity index (χ1v) is 10.9. The molecule has 0 amide bonds. The molecule has 1 aliphatic heterocycles. The van der Waals surface area contributed by atoms with Crippen LogP contribution in [0.2, 0.25) is 0 Å². The van der Waals surface area contributed by atoms with Gasteiger partial charge in [0.2, 0.25) is 21.9 Å². The second kappa shape index (κ2) is 8.62. The number of aryl methyl sites for hydroxylation is 1. The van der Waals surface area contributed by atoms with Gasteiger partial charge in [0.1, 0.15) is 5.60 Å². The van der Waals surface area contributed by atoms with Gasteiger partial charge in [-0.25, -0.2) is 18.1 Å². The van der Waals surface area contributed by atoms with Gasteiger partial charge in [-0.3, -0.25) is 0 Å². The summed E-state index contributed by atoms with van der Waals surface area (Å²) < 4.78 is 37.4. The maximum absolute atomic E-state index is 11.8. The fraction of sp³-hybridized carbons (Fsp3) is 0.474. The summed E-state index contributed by atoms with van der Waals surface area (Å²) >= 11 is 0. The van der Waals surface area contributed by atoms with E-state index in [1.807, 2.05) is 6.92 Å². The summed E-state index contributed by atoms with van der Waals surface area (Å²) in [7, 11) is -2.13. The van der Waals surface area contributed by atoms with E-state index in [4.69, 9.17) is 9.47 Å². The van der Waals surface area contributed by atoms with Crippen molar-refractivity contribution in [3.05, 3.63) is 36.0 Å². The molecule has 0 spiro atoms. The van der Waals surface area contributed by atoms with E-state index >= 15 is 0 Å². The van der Waals surface area contributed by atoms with Gasteiger partial charge in [0.25, 0.3) is 0 Å². The van der Waals surface area contributed by atoms with E-state index in [0.29, 0.717) is 37.0 Å². The number of ether oxygens (including phenoxy) is 2. The molecule has 1 aromatic heterocycles. The van der Waals surface area contributed by atoms with Gasteiger partial charge in [0.15, 0.2) is 6.10 Å². The first kappa shape index (κ1) is 21.4. The van der Waals surface area contributed by atoms with Crippen LogP contribution in [0.25, 0.3) is 0 Å². The Hall–Kier alpha value is -2.27. The van der Waals surface area contributed by atoms with Crippen molar-refractivity contribution < 1.29 is 23.0 Å². The Morgan fingerprint density at radius 3 is 2.69 bits per heavy atom. The van der Waals surface area contributed by atoms with Gasteiger partial charge < -0.3 is 19.9 Å². The highest BCUT2D eigenvalue weighted by Gasteiger charge is 2.37. The minimum Gasteiger partial charge on any atom is -0.468 e. The van der Waals surface area contributed by atoms with E-state index in [1.165, 1.54) is 19.2 Å². The molecule has 1 fully saturated rings. The van der Waals surface area contributed by atoms with Crippen LogP contribution in [-0.2, 0) is 21.2 Å². The van der Waals surface area contributed by atoms with Crippen molar-refractivity contribution in [1.82, 2.24) is 14.7 Å². The monoisotopic (exact) mass is 422 g/mol. The molecule has 0 bridgehead atoms. The molecule has 0 aliphatic carbocycles. The molecular formula is C19H26N4O5S.